The molecule has 3 heterocycles. The summed E-state index contributed by atoms with van der Waals surface area (Å²) in [7, 11) is 4.88. The Morgan fingerprint density at radius 2 is 1.06 bits per heavy atom. The Bertz CT molecular complexity index is 3140. The van der Waals surface area contributed by atoms with Crippen molar-refractivity contribution >= 4 is 29.7 Å². The zero-order valence-electron chi connectivity index (χ0n) is 48.1. The van der Waals surface area contributed by atoms with Crippen LogP contribution in [0.3, 0.4) is 0 Å². The van der Waals surface area contributed by atoms with E-state index in [0.717, 1.165) is 16.7 Å². The van der Waals surface area contributed by atoms with E-state index < -0.39 is 45.4 Å². The SMILES string of the molecule is COc1ccc(C(OCC2(CO)CCN(C(=O)CCCCCNC(=O)c3ccc4c(c3)C(=O)OC43c4ccc(OC(=O)C(C)(C)C)cc4Oc4cc(OC(=O)C(C)(C)C)ccc43)CC2)(c2ccc(OC)cc2)c2ccc(OC)cc2)cc1. The Kier molecular flexibility index (Phi) is 16.9. The molecule has 9 rings (SSSR count). The maximum atomic E-state index is 14.0. The molecule has 16 heteroatoms. The third kappa shape index (κ3) is 11.8. The van der Waals surface area contributed by atoms with Crippen molar-refractivity contribution in [1.82, 2.24) is 10.2 Å². The van der Waals surface area contributed by atoms with Crippen molar-refractivity contribution in [3.63, 3.8) is 0 Å². The quantitative estimate of drug-likeness (QED) is 0.0336. The first-order valence-corrected chi connectivity index (χ1v) is 27.7. The van der Waals surface area contributed by atoms with Crippen LogP contribution in [0, 0.1) is 16.2 Å². The zero-order valence-corrected chi connectivity index (χ0v) is 48.1. The smallest absolute Gasteiger partial charge is 0.340 e. The number of aliphatic hydroxyl groups is 1. The van der Waals surface area contributed by atoms with Crippen molar-refractivity contribution in [2.45, 2.75) is 91.3 Å². The third-order valence-electron chi connectivity index (χ3n) is 15.6. The average molecular weight is 1120 g/mol. The van der Waals surface area contributed by atoms with Crippen molar-refractivity contribution in [2.75, 3.05) is 54.2 Å². The predicted molar refractivity (Wildman–Crippen MR) is 306 cm³/mol. The number of aliphatic hydroxyl groups excluding tert-OH is 1. The van der Waals surface area contributed by atoms with E-state index in [-0.39, 0.29) is 59.2 Å². The molecule has 6 aromatic rings. The summed E-state index contributed by atoms with van der Waals surface area (Å²) < 4.78 is 48.0. The number of amides is 2. The summed E-state index contributed by atoms with van der Waals surface area (Å²) >= 11 is 0. The van der Waals surface area contributed by atoms with Crippen LogP contribution in [0.1, 0.15) is 134 Å². The van der Waals surface area contributed by atoms with E-state index >= 15 is 0 Å². The lowest BCUT2D eigenvalue weighted by atomic mass is 9.77. The number of esters is 3. The molecule has 82 heavy (non-hydrogen) atoms. The monoisotopic (exact) mass is 1120 g/mol. The largest absolute Gasteiger partial charge is 0.497 e. The molecule has 0 radical (unpaired) electrons. The number of likely N-dealkylation sites (tertiary alicyclic amines) is 1. The molecule has 1 spiro atoms. The molecule has 0 unspecified atom stereocenters. The number of hydrogen-bond acceptors (Lipinski definition) is 14. The van der Waals surface area contributed by atoms with Gasteiger partial charge in [0.2, 0.25) is 5.91 Å². The lowest BCUT2D eigenvalue weighted by Crippen LogP contribution is -2.48. The molecule has 1 fully saturated rings. The van der Waals surface area contributed by atoms with Gasteiger partial charge in [-0.25, -0.2) is 4.79 Å². The summed E-state index contributed by atoms with van der Waals surface area (Å²) in [5.41, 5.74) is -0.440. The number of piperidine rings is 1. The van der Waals surface area contributed by atoms with Gasteiger partial charge in [-0.3, -0.25) is 19.2 Å². The molecule has 16 nitrogen and oxygen atoms in total. The van der Waals surface area contributed by atoms with Gasteiger partial charge in [-0.05, 0) is 157 Å². The van der Waals surface area contributed by atoms with Gasteiger partial charge in [0.1, 0.15) is 45.8 Å². The van der Waals surface area contributed by atoms with Crippen LogP contribution in [0.4, 0.5) is 0 Å². The van der Waals surface area contributed by atoms with E-state index in [1.807, 2.05) is 77.7 Å². The molecule has 0 saturated carbocycles. The van der Waals surface area contributed by atoms with Crippen LogP contribution in [-0.2, 0) is 35.1 Å². The van der Waals surface area contributed by atoms with Crippen LogP contribution in [0.15, 0.2) is 127 Å². The second-order valence-electron chi connectivity index (χ2n) is 23.3. The van der Waals surface area contributed by atoms with Crippen LogP contribution >= 0.6 is 0 Å². The third-order valence-corrected chi connectivity index (χ3v) is 15.6. The fourth-order valence-electron chi connectivity index (χ4n) is 10.6. The molecule has 0 bridgehead atoms. The summed E-state index contributed by atoms with van der Waals surface area (Å²) in [6.07, 6.45) is 3.34. The van der Waals surface area contributed by atoms with Gasteiger partial charge in [-0.15, -0.1) is 0 Å². The molecule has 2 N–H and O–H groups in total. The number of methoxy groups -OCH3 is 3. The van der Waals surface area contributed by atoms with Crippen molar-refractivity contribution in [3.05, 3.63) is 172 Å². The van der Waals surface area contributed by atoms with E-state index in [9.17, 15) is 29.1 Å². The van der Waals surface area contributed by atoms with Crippen LogP contribution in [0.5, 0.6) is 40.2 Å². The van der Waals surface area contributed by atoms with Gasteiger partial charge >= 0.3 is 17.9 Å². The Labute approximate surface area is 478 Å². The highest BCUT2D eigenvalue weighted by Gasteiger charge is 2.54. The van der Waals surface area contributed by atoms with Gasteiger partial charge in [0, 0.05) is 65.9 Å². The molecule has 430 valence electrons. The van der Waals surface area contributed by atoms with Crippen molar-refractivity contribution in [1.29, 1.82) is 0 Å². The van der Waals surface area contributed by atoms with Gasteiger partial charge in [0.15, 0.2) is 5.60 Å². The number of ether oxygens (including phenoxy) is 8. The molecular formula is C66H72N2O14. The molecule has 3 aliphatic heterocycles. The van der Waals surface area contributed by atoms with Gasteiger partial charge in [-0.2, -0.15) is 0 Å². The van der Waals surface area contributed by atoms with Crippen molar-refractivity contribution < 1.29 is 67.0 Å². The second kappa shape index (κ2) is 23.7. The summed E-state index contributed by atoms with van der Waals surface area (Å²) in [6.45, 7) is 11.8. The van der Waals surface area contributed by atoms with E-state index in [0.29, 0.717) is 92.1 Å². The summed E-state index contributed by atoms with van der Waals surface area (Å²) in [5.74, 6) is 1.10. The first-order chi connectivity index (χ1) is 39.2. The number of nitrogens with zero attached hydrogens (tertiary/aromatic N) is 1. The van der Waals surface area contributed by atoms with Crippen LogP contribution in [0.2, 0.25) is 0 Å². The number of benzene rings is 6. The fourth-order valence-corrected chi connectivity index (χ4v) is 10.6. The minimum Gasteiger partial charge on any atom is -0.497 e. The molecule has 0 atom stereocenters. The van der Waals surface area contributed by atoms with E-state index in [1.54, 1.807) is 111 Å². The number of hydrogen-bond donors (Lipinski definition) is 2. The maximum Gasteiger partial charge on any atom is 0.340 e. The van der Waals surface area contributed by atoms with Gasteiger partial charge in [0.05, 0.1) is 50.9 Å². The Morgan fingerprint density at radius 3 is 1.51 bits per heavy atom. The fraction of sp³-hybridized carbons (Fsp3) is 0.379. The predicted octanol–water partition coefficient (Wildman–Crippen LogP) is 11.1. The molecule has 1 saturated heterocycles. The molecule has 0 aliphatic carbocycles. The first-order valence-electron chi connectivity index (χ1n) is 27.7. The normalized spacial score (nSPS) is 15.0. The minimum absolute atomic E-state index is 0.0342. The highest BCUT2D eigenvalue weighted by atomic mass is 16.6. The highest BCUT2D eigenvalue weighted by molar-refractivity contribution is 6.01. The molecule has 2 amide bonds. The van der Waals surface area contributed by atoms with E-state index in [1.165, 1.54) is 6.07 Å². The number of rotatable bonds is 19. The minimum atomic E-state index is -1.53. The van der Waals surface area contributed by atoms with Crippen molar-refractivity contribution in [2.24, 2.45) is 16.2 Å². The number of carbonyl (C=O) groups excluding carboxylic acids is 5. The average Bonchev–Trinajstić information content (AvgIpc) is 4.00. The lowest BCUT2D eigenvalue weighted by Gasteiger charge is -2.44. The van der Waals surface area contributed by atoms with Gasteiger partial charge in [0.25, 0.3) is 5.91 Å². The highest BCUT2D eigenvalue weighted by Crippen LogP contribution is 2.57. The summed E-state index contributed by atoms with van der Waals surface area (Å²) in [5, 5.41) is 14.0. The summed E-state index contributed by atoms with van der Waals surface area (Å²) in [4.78, 5) is 69.0. The molecular weight excluding hydrogens is 1040 g/mol. The van der Waals surface area contributed by atoms with Crippen molar-refractivity contribution in [3.8, 4) is 40.2 Å². The molecule has 3 aliphatic rings. The lowest BCUT2D eigenvalue weighted by molar-refractivity contribution is -0.143. The Morgan fingerprint density at radius 1 is 0.598 bits per heavy atom. The van der Waals surface area contributed by atoms with Crippen LogP contribution in [-0.4, -0.2) is 93.9 Å². The second-order valence-corrected chi connectivity index (χ2v) is 23.3. The molecule has 6 aromatic carbocycles. The first kappa shape index (κ1) is 58.4. The Balaban J connectivity index is 0.822. The number of unbranched alkanes of at least 4 members (excludes halogenated alkanes) is 2. The summed E-state index contributed by atoms with van der Waals surface area (Å²) in [6, 6.07) is 37.9. The maximum absolute atomic E-state index is 14.0. The number of nitrogens with one attached hydrogen (secondary N) is 1. The van der Waals surface area contributed by atoms with Crippen LogP contribution in [0.25, 0.3) is 0 Å². The van der Waals surface area contributed by atoms with Crippen LogP contribution < -0.4 is 33.7 Å². The van der Waals surface area contributed by atoms with Gasteiger partial charge in [-0.1, -0.05) is 48.9 Å². The van der Waals surface area contributed by atoms with E-state index in [4.69, 9.17) is 37.9 Å². The Hall–Kier alpha value is -8.21. The number of carbonyl (C=O) groups is 5. The van der Waals surface area contributed by atoms with E-state index in [2.05, 4.69) is 5.32 Å². The molecule has 0 aromatic heterocycles. The standard InChI is InChI=1S/C66H72N2O14/c1-62(2,3)60(73)79-49-27-30-53-55(38-49)81-56-39-50(80-61(74)63(4,5)6)28-31-54(56)66(53)52-29-14-42(37-51(52)59(72)82-66)58(71)67-34-12-10-11-13-57(70)68-35-32-64(40-69,33-36-68)41-78-65(43-15-21-46(75-7)22-16-43,44-17-23-47(76-8)24-18-44)45-19-25-48(77-9)26-20-45/h14-31,37-39,69H,10-13,32-36,40-41H2,1-9H3,(H,67,71). The zero-order chi connectivity index (χ0) is 58.6. The number of fused-ring (bicyclic) bond motifs is 6. The topological polar surface area (TPSA) is 195 Å². The van der Waals surface area contributed by atoms with Gasteiger partial charge < -0.3 is 53.2 Å².